The standard InChI is InChI=1S/C28H29N5O4S/c1-19-7-2-3-8-23(19)37-16-6-15-36-21-11-9-20(10-12-21)17-22-26(29)33-28(30-27(22)35)38-24(31-33)18-25(34)32-13-4-5-14-32/h2-3,7-12,17,29H,4-6,13-16,18H2,1H3. The van der Waals surface area contributed by atoms with E-state index in [2.05, 4.69) is 10.1 Å². The van der Waals surface area contributed by atoms with E-state index < -0.39 is 5.91 Å². The molecule has 0 aromatic heterocycles. The number of hydrazone groups is 1. The van der Waals surface area contributed by atoms with Gasteiger partial charge in [-0.3, -0.25) is 15.0 Å². The molecule has 0 atom stereocenters. The summed E-state index contributed by atoms with van der Waals surface area (Å²) >= 11 is 1.17. The Kier molecular flexibility index (Phi) is 7.88. The van der Waals surface area contributed by atoms with E-state index in [-0.39, 0.29) is 23.7 Å². The quantitative estimate of drug-likeness (QED) is 0.378. The molecule has 0 unspecified atom stereocenters. The van der Waals surface area contributed by atoms with Gasteiger partial charge in [-0.15, -0.1) is 0 Å². The molecule has 1 saturated heterocycles. The third-order valence-corrected chi connectivity index (χ3v) is 7.27. The fourth-order valence-corrected chi connectivity index (χ4v) is 5.16. The number of fused-ring (bicyclic) bond motifs is 1. The van der Waals surface area contributed by atoms with Crippen LogP contribution in [0.3, 0.4) is 0 Å². The molecule has 1 N–H and O–H groups in total. The summed E-state index contributed by atoms with van der Waals surface area (Å²) in [5, 5.41) is 15.1. The molecule has 3 aliphatic heterocycles. The van der Waals surface area contributed by atoms with Gasteiger partial charge < -0.3 is 14.4 Å². The van der Waals surface area contributed by atoms with Gasteiger partial charge in [0, 0.05) is 19.5 Å². The number of aryl methyl sites for hydroxylation is 1. The molecule has 0 aliphatic carbocycles. The second-order valence-corrected chi connectivity index (χ2v) is 10.2. The lowest BCUT2D eigenvalue weighted by Crippen LogP contribution is -2.35. The molecule has 196 valence electrons. The predicted molar refractivity (Wildman–Crippen MR) is 149 cm³/mol. The lowest BCUT2D eigenvalue weighted by atomic mass is 10.1. The zero-order chi connectivity index (χ0) is 26.5. The molecular weight excluding hydrogens is 502 g/mol. The van der Waals surface area contributed by atoms with Crippen LogP contribution in [0.2, 0.25) is 0 Å². The van der Waals surface area contributed by atoms with Crippen LogP contribution in [0.5, 0.6) is 11.5 Å². The number of amides is 2. The second-order valence-electron chi connectivity index (χ2n) is 9.16. The Morgan fingerprint density at radius 3 is 2.58 bits per heavy atom. The zero-order valence-corrected chi connectivity index (χ0v) is 22.0. The van der Waals surface area contributed by atoms with E-state index in [1.54, 1.807) is 6.08 Å². The van der Waals surface area contributed by atoms with Crippen LogP contribution in [0.4, 0.5) is 0 Å². The zero-order valence-electron chi connectivity index (χ0n) is 21.2. The van der Waals surface area contributed by atoms with Crippen molar-refractivity contribution in [3.8, 4) is 11.5 Å². The van der Waals surface area contributed by atoms with Crippen LogP contribution < -0.4 is 9.47 Å². The summed E-state index contributed by atoms with van der Waals surface area (Å²) in [5.41, 5.74) is 1.99. The van der Waals surface area contributed by atoms with Gasteiger partial charge in [0.25, 0.3) is 5.91 Å². The predicted octanol–water partition coefficient (Wildman–Crippen LogP) is 4.47. The monoisotopic (exact) mass is 531 g/mol. The first-order valence-corrected chi connectivity index (χ1v) is 13.5. The Labute approximate surface area is 225 Å². The second kappa shape index (κ2) is 11.6. The SMILES string of the molecule is Cc1ccccc1OCCCOc1ccc(C=C2C(=N)N3N=C(CC(=O)N4CCCC4)SC3=NC2=O)cc1. The van der Waals surface area contributed by atoms with Crippen molar-refractivity contribution < 1.29 is 19.1 Å². The molecule has 2 aromatic rings. The lowest BCUT2D eigenvalue weighted by molar-refractivity contribution is -0.128. The van der Waals surface area contributed by atoms with Crippen molar-refractivity contribution in [1.29, 1.82) is 5.41 Å². The number of carbonyl (C=O) groups excluding carboxylic acids is 2. The van der Waals surface area contributed by atoms with Gasteiger partial charge in [-0.25, -0.2) is 0 Å². The van der Waals surface area contributed by atoms with E-state index in [0.717, 1.165) is 49.2 Å². The van der Waals surface area contributed by atoms with Crippen LogP contribution in [0.15, 0.2) is 64.2 Å². The van der Waals surface area contributed by atoms with Crippen LogP contribution in [0.1, 0.15) is 36.8 Å². The first-order chi connectivity index (χ1) is 18.5. The molecule has 0 saturated carbocycles. The van der Waals surface area contributed by atoms with Crippen LogP contribution in [-0.4, -0.2) is 64.1 Å². The van der Waals surface area contributed by atoms with Gasteiger partial charge in [0.15, 0.2) is 5.84 Å². The highest BCUT2D eigenvalue weighted by Gasteiger charge is 2.36. The van der Waals surface area contributed by atoms with Crippen molar-refractivity contribution >= 4 is 45.7 Å². The molecule has 3 heterocycles. The largest absolute Gasteiger partial charge is 0.493 e. The summed E-state index contributed by atoms with van der Waals surface area (Å²) in [5.74, 6) is 1.06. The summed E-state index contributed by atoms with van der Waals surface area (Å²) in [4.78, 5) is 31.1. The van der Waals surface area contributed by atoms with E-state index in [1.165, 1.54) is 16.8 Å². The molecule has 10 heteroatoms. The van der Waals surface area contributed by atoms with Gasteiger partial charge in [-0.2, -0.15) is 15.1 Å². The van der Waals surface area contributed by atoms with E-state index in [4.69, 9.17) is 14.9 Å². The smallest absolute Gasteiger partial charge is 0.283 e. The molecule has 9 nitrogen and oxygen atoms in total. The van der Waals surface area contributed by atoms with Crippen molar-refractivity contribution in [2.24, 2.45) is 10.1 Å². The fraction of sp³-hybridized carbons (Fsp3) is 0.321. The van der Waals surface area contributed by atoms with E-state index in [0.29, 0.717) is 29.2 Å². The van der Waals surface area contributed by atoms with Gasteiger partial charge in [-0.05, 0) is 66.9 Å². The van der Waals surface area contributed by atoms with Crippen molar-refractivity contribution in [2.45, 2.75) is 32.6 Å². The Morgan fingerprint density at radius 2 is 1.82 bits per heavy atom. The molecule has 38 heavy (non-hydrogen) atoms. The van der Waals surface area contributed by atoms with Crippen molar-refractivity contribution in [3.05, 3.63) is 65.2 Å². The molecule has 0 radical (unpaired) electrons. The van der Waals surface area contributed by atoms with E-state index in [1.807, 2.05) is 60.4 Å². The molecule has 1 fully saturated rings. The summed E-state index contributed by atoms with van der Waals surface area (Å²) in [6, 6.07) is 15.2. The first-order valence-electron chi connectivity index (χ1n) is 12.7. The van der Waals surface area contributed by atoms with Gasteiger partial charge in [0.1, 0.15) is 16.5 Å². The minimum absolute atomic E-state index is 0.0175. The van der Waals surface area contributed by atoms with Crippen molar-refractivity contribution in [2.75, 3.05) is 26.3 Å². The number of nitrogens with one attached hydrogen (secondary N) is 1. The minimum Gasteiger partial charge on any atom is -0.493 e. The number of carbonyl (C=O) groups is 2. The number of thioether (sulfide) groups is 1. The molecule has 0 spiro atoms. The summed E-state index contributed by atoms with van der Waals surface area (Å²) in [6.07, 6.45) is 4.56. The number of benzene rings is 2. The number of amidine groups is 2. The van der Waals surface area contributed by atoms with Crippen molar-refractivity contribution in [1.82, 2.24) is 9.91 Å². The molecule has 5 rings (SSSR count). The van der Waals surface area contributed by atoms with Gasteiger partial charge in [0.2, 0.25) is 11.1 Å². The maximum Gasteiger partial charge on any atom is 0.283 e. The molecule has 3 aliphatic rings. The normalized spacial score (nSPS) is 18.0. The maximum absolute atomic E-state index is 12.7. The number of hydrogen-bond acceptors (Lipinski definition) is 7. The van der Waals surface area contributed by atoms with Crippen molar-refractivity contribution in [3.63, 3.8) is 0 Å². The molecule has 2 amide bonds. The molecule has 0 bridgehead atoms. The van der Waals surface area contributed by atoms with Crippen LogP contribution >= 0.6 is 11.8 Å². The number of likely N-dealkylation sites (tertiary alicyclic amines) is 1. The average Bonchev–Trinajstić information content (AvgIpc) is 3.59. The fourth-order valence-electron chi connectivity index (χ4n) is 4.29. The van der Waals surface area contributed by atoms with Crippen LogP contribution in [-0.2, 0) is 9.59 Å². The number of hydrogen-bond donors (Lipinski definition) is 1. The van der Waals surface area contributed by atoms with Crippen LogP contribution in [0, 0.1) is 12.3 Å². The highest BCUT2D eigenvalue weighted by atomic mass is 32.2. The topological polar surface area (TPSA) is 108 Å². The van der Waals surface area contributed by atoms with E-state index in [9.17, 15) is 9.59 Å². The molecule has 2 aromatic carbocycles. The Morgan fingerprint density at radius 1 is 1.08 bits per heavy atom. The third-order valence-electron chi connectivity index (χ3n) is 6.36. The third kappa shape index (κ3) is 5.96. The maximum atomic E-state index is 12.7. The Balaban J connectivity index is 1.15. The van der Waals surface area contributed by atoms with Gasteiger partial charge >= 0.3 is 0 Å². The Hall–Kier alpha value is -3.92. The number of rotatable bonds is 9. The van der Waals surface area contributed by atoms with Gasteiger partial charge in [0.05, 0.1) is 25.2 Å². The summed E-state index contributed by atoms with van der Waals surface area (Å²) in [7, 11) is 0. The molecular formula is C28H29N5O4S. The summed E-state index contributed by atoms with van der Waals surface area (Å²) < 4.78 is 11.6. The minimum atomic E-state index is -0.495. The highest BCUT2D eigenvalue weighted by molar-refractivity contribution is 8.27. The number of nitrogens with zero attached hydrogens (tertiary/aromatic N) is 4. The number of ether oxygens (including phenoxy) is 2. The van der Waals surface area contributed by atoms with E-state index >= 15 is 0 Å². The summed E-state index contributed by atoms with van der Waals surface area (Å²) in [6.45, 7) is 4.64. The number of para-hydroxylation sites is 1. The van der Waals surface area contributed by atoms with Crippen LogP contribution in [0.25, 0.3) is 6.08 Å². The lowest BCUT2D eigenvalue weighted by Gasteiger charge is -2.20. The first kappa shape index (κ1) is 25.7. The highest BCUT2D eigenvalue weighted by Crippen LogP contribution is 2.30. The average molecular weight is 532 g/mol. The Bertz CT molecular complexity index is 1330. The number of aliphatic imine (C=N–C) groups is 1. The van der Waals surface area contributed by atoms with Gasteiger partial charge in [-0.1, -0.05) is 30.3 Å².